The van der Waals surface area contributed by atoms with Gasteiger partial charge in [-0.2, -0.15) is 5.10 Å². The van der Waals surface area contributed by atoms with Crippen LogP contribution in [0.4, 0.5) is 0 Å². The molecular weight excluding hydrogens is 306 g/mol. The molecule has 0 bridgehead atoms. The zero-order valence-corrected chi connectivity index (χ0v) is 14.1. The standard InChI is InChI=1S/C17H23N5O2/c1-21-12-14(9-20-21)17(23)19-10-15-4-3-7-22(15)11-13-5-6-16(24-2)18-8-13/h5-6,8-9,12,15H,3-4,7,10-11H2,1-2H3,(H,19,23). The fourth-order valence-electron chi connectivity index (χ4n) is 3.05. The van der Waals surface area contributed by atoms with Crippen molar-refractivity contribution in [3.8, 4) is 5.88 Å². The Bertz CT molecular complexity index is 683. The lowest BCUT2D eigenvalue weighted by Gasteiger charge is -2.24. The number of methoxy groups -OCH3 is 1. The molecule has 1 N–H and O–H groups in total. The third-order valence-electron chi connectivity index (χ3n) is 4.36. The summed E-state index contributed by atoms with van der Waals surface area (Å²) in [6, 6.07) is 4.27. The van der Waals surface area contributed by atoms with E-state index in [0.717, 1.165) is 31.5 Å². The molecule has 2 aromatic rings. The topological polar surface area (TPSA) is 72.3 Å². The number of amides is 1. The summed E-state index contributed by atoms with van der Waals surface area (Å²) in [5.74, 6) is 0.557. The van der Waals surface area contributed by atoms with Gasteiger partial charge in [0, 0.05) is 44.6 Å². The number of hydrogen-bond acceptors (Lipinski definition) is 5. The Morgan fingerprint density at radius 3 is 2.96 bits per heavy atom. The maximum Gasteiger partial charge on any atom is 0.254 e. The minimum atomic E-state index is -0.0685. The second kappa shape index (κ2) is 7.44. The van der Waals surface area contributed by atoms with Crippen molar-refractivity contribution >= 4 is 5.91 Å². The molecule has 1 unspecified atom stereocenters. The summed E-state index contributed by atoms with van der Waals surface area (Å²) in [7, 11) is 3.42. The molecular formula is C17H23N5O2. The molecule has 1 aliphatic rings. The number of carbonyl (C=O) groups is 1. The van der Waals surface area contributed by atoms with E-state index in [4.69, 9.17) is 4.74 Å². The van der Waals surface area contributed by atoms with E-state index < -0.39 is 0 Å². The highest BCUT2D eigenvalue weighted by Gasteiger charge is 2.25. The third kappa shape index (κ3) is 3.91. The number of likely N-dealkylation sites (tertiary alicyclic amines) is 1. The first-order chi connectivity index (χ1) is 11.7. The Kier molecular flexibility index (Phi) is 5.10. The third-order valence-corrected chi connectivity index (χ3v) is 4.36. The van der Waals surface area contributed by atoms with Crippen molar-refractivity contribution in [1.82, 2.24) is 25.0 Å². The average molecular weight is 329 g/mol. The molecule has 7 heteroatoms. The quantitative estimate of drug-likeness (QED) is 0.863. The number of rotatable bonds is 6. The minimum Gasteiger partial charge on any atom is -0.481 e. The number of nitrogens with one attached hydrogen (secondary N) is 1. The van der Waals surface area contributed by atoms with Crippen LogP contribution in [0.2, 0.25) is 0 Å². The molecule has 0 spiro atoms. The van der Waals surface area contributed by atoms with Crippen molar-refractivity contribution in [2.24, 2.45) is 7.05 Å². The van der Waals surface area contributed by atoms with E-state index in [1.807, 2.05) is 18.3 Å². The molecule has 128 valence electrons. The van der Waals surface area contributed by atoms with Gasteiger partial charge in [-0.1, -0.05) is 6.07 Å². The van der Waals surface area contributed by atoms with Crippen molar-refractivity contribution in [3.63, 3.8) is 0 Å². The van der Waals surface area contributed by atoms with Crippen molar-refractivity contribution in [3.05, 3.63) is 41.9 Å². The first kappa shape index (κ1) is 16.4. The van der Waals surface area contributed by atoms with Gasteiger partial charge < -0.3 is 10.1 Å². The van der Waals surface area contributed by atoms with E-state index in [1.165, 1.54) is 0 Å². The summed E-state index contributed by atoms with van der Waals surface area (Å²) in [5, 5.41) is 7.05. The van der Waals surface area contributed by atoms with Gasteiger partial charge in [-0.3, -0.25) is 14.4 Å². The number of nitrogens with zero attached hydrogens (tertiary/aromatic N) is 4. The summed E-state index contributed by atoms with van der Waals surface area (Å²) in [6.45, 7) is 2.53. The average Bonchev–Trinajstić information content (AvgIpc) is 3.22. The highest BCUT2D eigenvalue weighted by molar-refractivity contribution is 5.93. The molecule has 0 aromatic carbocycles. The summed E-state index contributed by atoms with van der Waals surface area (Å²) in [5.41, 5.74) is 1.75. The zero-order valence-electron chi connectivity index (χ0n) is 14.1. The van der Waals surface area contributed by atoms with Crippen molar-refractivity contribution in [2.75, 3.05) is 20.2 Å². The van der Waals surface area contributed by atoms with Crippen LogP contribution in [0, 0.1) is 0 Å². The SMILES string of the molecule is COc1ccc(CN2CCCC2CNC(=O)c2cnn(C)c2)cn1. The van der Waals surface area contributed by atoms with Gasteiger partial charge in [0.05, 0.1) is 18.9 Å². The van der Waals surface area contributed by atoms with Gasteiger partial charge in [-0.25, -0.2) is 4.98 Å². The summed E-state index contributed by atoms with van der Waals surface area (Å²) in [4.78, 5) is 18.8. The van der Waals surface area contributed by atoms with Crippen LogP contribution in [0.15, 0.2) is 30.7 Å². The van der Waals surface area contributed by atoms with Crippen LogP contribution in [0.5, 0.6) is 5.88 Å². The highest BCUT2D eigenvalue weighted by atomic mass is 16.5. The molecule has 1 aliphatic heterocycles. The van der Waals surface area contributed by atoms with E-state index in [9.17, 15) is 4.79 Å². The van der Waals surface area contributed by atoms with Gasteiger partial charge in [0.2, 0.25) is 5.88 Å². The Balaban J connectivity index is 1.54. The molecule has 3 rings (SSSR count). The molecule has 2 aromatic heterocycles. The maximum atomic E-state index is 12.1. The predicted octanol–water partition coefficient (Wildman–Crippen LogP) is 1.22. The van der Waals surface area contributed by atoms with Crippen LogP contribution in [0.3, 0.4) is 0 Å². The van der Waals surface area contributed by atoms with Crippen LogP contribution in [-0.2, 0) is 13.6 Å². The fourth-order valence-corrected chi connectivity index (χ4v) is 3.05. The van der Waals surface area contributed by atoms with Gasteiger partial charge in [0.25, 0.3) is 5.91 Å². The predicted molar refractivity (Wildman–Crippen MR) is 89.8 cm³/mol. The number of aromatic nitrogens is 3. The first-order valence-corrected chi connectivity index (χ1v) is 8.15. The number of aryl methyl sites for hydroxylation is 1. The number of ether oxygens (including phenoxy) is 1. The van der Waals surface area contributed by atoms with Crippen LogP contribution < -0.4 is 10.1 Å². The largest absolute Gasteiger partial charge is 0.481 e. The maximum absolute atomic E-state index is 12.1. The summed E-state index contributed by atoms with van der Waals surface area (Å²) < 4.78 is 6.72. The Labute approximate surface area is 141 Å². The van der Waals surface area contributed by atoms with Crippen LogP contribution in [0.1, 0.15) is 28.8 Å². The minimum absolute atomic E-state index is 0.0685. The van der Waals surface area contributed by atoms with E-state index in [1.54, 1.807) is 31.2 Å². The van der Waals surface area contributed by atoms with Gasteiger partial charge in [0.1, 0.15) is 0 Å². The van der Waals surface area contributed by atoms with E-state index in [-0.39, 0.29) is 5.91 Å². The number of carbonyl (C=O) groups excluding carboxylic acids is 1. The second-order valence-electron chi connectivity index (χ2n) is 6.09. The van der Waals surface area contributed by atoms with Crippen molar-refractivity contribution < 1.29 is 9.53 Å². The molecule has 24 heavy (non-hydrogen) atoms. The Hall–Kier alpha value is -2.41. The van der Waals surface area contributed by atoms with Crippen molar-refractivity contribution in [1.29, 1.82) is 0 Å². The summed E-state index contributed by atoms with van der Waals surface area (Å²) in [6.07, 6.45) is 7.41. The van der Waals surface area contributed by atoms with Gasteiger partial charge in [-0.05, 0) is 24.9 Å². The smallest absolute Gasteiger partial charge is 0.254 e. The van der Waals surface area contributed by atoms with Gasteiger partial charge >= 0.3 is 0 Å². The fraction of sp³-hybridized carbons (Fsp3) is 0.471. The molecule has 1 fully saturated rings. The highest BCUT2D eigenvalue weighted by Crippen LogP contribution is 2.20. The van der Waals surface area contributed by atoms with E-state index in [0.29, 0.717) is 24.0 Å². The molecule has 3 heterocycles. The molecule has 1 amide bonds. The molecule has 0 radical (unpaired) electrons. The molecule has 7 nitrogen and oxygen atoms in total. The monoisotopic (exact) mass is 329 g/mol. The Morgan fingerprint density at radius 2 is 2.29 bits per heavy atom. The number of hydrogen-bond donors (Lipinski definition) is 1. The van der Waals surface area contributed by atoms with Crippen LogP contribution in [-0.4, -0.2) is 51.8 Å². The van der Waals surface area contributed by atoms with E-state index >= 15 is 0 Å². The molecule has 1 saturated heterocycles. The molecule has 1 atom stereocenters. The zero-order chi connectivity index (χ0) is 16.9. The van der Waals surface area contributed by atoms with Gasteiger partial charge in [-0.15, -0.1) is 0 Å². The Morgan fingerprint density at radius 1 is 1.42 bits per heavy atom. The van der Waals surface area contributed by atoms with Crippen LogP contribution in [0.25, 0.3) is 0 Å². The number of pyridine rings is 1. The molecule has 0 aliphatic carbocycles. The first-order valence-electron chi connectivity index (χ1n) is 8.15. The summed E-state index contributed by atoms with van der Waals surface area (Å²) >= 11 is 0. The lowest BCUT2D eigenvalue weighted by atomic mass is 10.2. The normalized spacial score (nSPS) is 17.8. The molecule has 0 saturated carbocycles. The van der Waals surface area contributed by atoms with Crippen LogP contribution >= 0.6 is 0 Å². The lowest BCUT2D eigenvalue weighted by molar-refractivity contribution is 0.0939. The van der Waals surface area contributed by atoms with Gasteiger partial charge in [0.15, 0.2) is 0 Å². The van der Waals surface area contributed by atoms with Crippen molar-refractivity contribution in [2.45, 2.75) is 25.4 Å². The van der Waals surface area contributed by atoms with E-state index in [2.05, 4.69) is 20.3 Å². The second-order valence-corrected chi connectivity index (χ2v) is 6.09. The lowest BCUT2D eigenvalue weighted by Crippen LogP contribution is -2.39.